The Bertz CT molecular complexity index is 825. The molecule has 384 valence electrons. The van der Waals surface area contributed by atoms with Crippen molar-refractivity contribution in [1.29, 1.82) is 0 Å². The molecule has 0 aromatic rings. The first-order chi connectivity index (χ1) is 31.3. The highest BCUT2D eigenvalue weighted by atomic mass is 28.4. The lowest BCUT2D eigenvalue weighted by Crippen LogP contribution is -2.48. The van der Waals surface area contributed by atoms with Crippen LogP contribution in [0.25, 0.3) is 0 Å². The molecule has 0 bridgehead atoms. The lowest BCUT2D eigenvalue weighted by Gasteiger charge is -2.30. The van der Waals surface area contributed by atoms with Gasteiger partial charge in [0.1, 0.15) is 5.78 Å². The molecule has 0 saturated carbocycles. The van der Waals surface area contributed by atoms with E-state index in [1.165, 1.54) is 0 Å². The maximum Gasteiger partial charge on any atom is 0.501 e. The van der Waals surface area contributed by atoms with Crippen LogP contribution in [0, 0.1) is 11.8 Å². The normalized spacial score (nSPS) is 13.2. The summed E-state index contributed by atoms with van der Waals surface area (Å²) in [4.78, 5) is 13.7. The highest BCUT2D eigenvalue weighted by molar-refractivity contribution is 6.61. The molecule has 0 aromatic heterocycles. The van der Waals surface area contributed by atoms with Crippen LogP contribution in [0.15, 0.2) is 0 Å². The molecule has 0 saturated heterocycles. The lowest BCUT2D eigenvalue weighted by atomic mass is 9.88. The number of carbonyl (C=O) groups excluding carboxylic acids is 1. The van der Waals surface area contributed by atoms with Crippen LogP contribution in [0.3, 0.4) is 0 Å². The fourth-order valence-electron chi connectivity index (χ4n) is 6.04. The summed E-state index contributed by atoms with van der Waals surface area (Å²) in [5.41, 5.74) is 0. The zero-order valence-corrected chi connectivity index (χ0v) is 43.0. The largest absolute Gasteiger partial charge is 0.501 e. The van der Waals surface area contributed by atoms with Crippen LogP contribution in [-0.2, 0) is 88.2 Å². The molecule has 2 atom stereocenters. The van der Waals surface area contributed by atoms with Gasteiger partial charge in [0.25, 0.3) is 0 Å². The van der Waals surface area contributed by atoms with Crippen LogP contribution >= 0.6 is 0 Å². The molecule has 0 rings (SSSR count). The smallest absolute Gasteiger partial charge is 0.382 e. The van der Waals surface area contributed by atoms with E-state index in [0.717, 1.165) is 38.5 Å². The van der Waals surface area contributed by atoms with Crippen molar-refractivity contribution in [2.45, 2.75) is 64.5 Å². The quantitative estimate of drug-likeness (QED) is 0.0626. The second-order valence-electron chi connectivity index (χ2n) is 14.8. The van der Waals surface area contributed by atoms with E-state index in [-0.39, 0.29) is 17.6 Å². The second-order valence-corrected chi connectivity index (χ2v) is 20.2. The number of ether oxygens (including phenoxy) is 12. The molecule has 0 spiro atoms. The van der Waals surface area contributed by atoms with Gasteiger partial charge in [-0.15, -0.1) is 0 Å². The Hall–Kier alpha value is -0.616. The Morgan fingerprint density at radius 2 is 0.516 bits per heavy atom. The van der Waals surface area contributed by atoms with Crippen molar-refractivity contribution in [3.63, 3.8) is 0 Å². The topological polar surface area (TPSA) is 183 Å². The van der Waals surface area contributed by atoms with Gasteiger partial charge >= 0.3 is 17.6 Å². The summed E-state index contributed by atoms with van der Waals surface area (Å²) in [6, 6.07) is 1.15. The van der Waals surface area contributed by atoms with Crippen molar-refractivity contribution in [2.24, 2.45) is 11.8 Å². The summed E-state index contributed by atoms with van der Waals surface area (Å²) in [5, 5.41) is 0. The molecule has 0 radical (unpaired) electrons. The van der Waals surface area contributed by atoms with Gasteiger partial charge in [-0.25, -0.2) is 0 Å². The summed E-state index contributed by atoms with van der Waals surface area (Å²) in [6.07, 6.45) is 4.62. The van der Waals surface area contributed by atoms with E-state index < -0.39 is 17.6 Å². The van der Waals surface area contributed by atoms with E-state index >= 15 is 0 Å². The average Bonchev–Trinajstić information content (AvgIpc) is 3.30. The average molecular weight is 967 g/mol. The van der Waals surface area contributed by atoms with Gasteiger partial charge in [-0.1, -0.05) is 26.7 Å². The van der Waals surface area contributed by atoms with Gasteiger partial charge in [0.15, 0.2) is 0 Å². The number of rotatable bonds is 54. The van der Waals surface area contributed by atoms with Gasteiger partial charge in [-0.2, -0.15) is 0 Å². The van der Waals surface area contributed by atoms with Crippen molar-refractivity contribution in [1.82, 2.24) is 0 Å². The zero-order chi connectivity index (χ0) is 47.1. The minimum absolute atomic E-state index is 0.107. The molecule has 0 aliphatic carbocycles. The van der Waals surface area contributed by atoms with Crippen LogP contribution in [0.5, 0.6) is 0 Å². The van der Waals surface area contributed by atoms with Crippen LogP contribution in [0.4, 0.5) is 0 Å². The highest BCUT2D eigenvalue weighted by Crippen LogP contribution is 2.25. The molecule has 0 fully saturated rings. The van der Waals surface area contributed by atoms with Crippen LogP contribution in [0.1, 0.15) is 52.4 Å². The van der Waals surface area contributed by atoms with E-state index in [9.17, 15) is 4.79 Å². The Morgan fingerprint density at radius 1 is 0.312 bits per heavy atom. The van der Waals surface area contributed by atoms with Crippen molar-refractivity contribution < 1.29 is 88.2 Å². The summed E-state index contributed by atoms with van der Waals surface area (Å²) in [6.45, 7) is 13.9. The first-order valence-electron chi connectivity index (χ1n) is 23.1. The van der Waals surface area contributed by atoms with Crippen LogP contribution in [0.2, 0.25) is 12.1 Å². The third-order valence-corrected chi connectivity index (χ3v) is 15.4. The number of hydrogen-bond donors (Lipinski definition) is 0. The van der Waals surface area contributed by atoms with E-state index in [4.69, 9.17) is 83.4 Å². The number of methoxy groups -OCH3 is 6. The molecule has 0 heterocycles. The Balaban J connectivity index is 5.47. The number of Topliss-reactive ketones (excluding diaryl/α,β-unsaturated/α-hetero) is 1. The van der Waals surface area contributed by atoms with Gasteiger partial charge in [0.2, 0.25) is 0 Å². The maximum atomic E-state index is 13.7. The zero-order valence-electron chi connectivity index (χ0n) is 41.0. The standard InChI is InChI=1S/C43H90O19Si2/c1-41(13-9-11-39-63(57-33-27-51-21-15-45-3,58-34-28-52-22-16-46-4)59-35-29-53-23-17-47-5)43(44)42(2)14-10-12-40-64(60-36-30-54-24-18-48-6,61-37-31-55-25-19-49-7)62-38-32-56-26-20-50-8/h41-42H,9-40H2,1-8H3. The minimum Gasteiger partial charge on any atom is -0.382 e. The molecule has 19 nitrogen and oxygen atoms in total. The predicted molar refractivity (Wildman–Crippen MR) is 244 cm³/mol. The number of ketones is 1. The molecule has 0 aliphatic heterocycles. The van der Waals surface area contributed by atoms with Crippen molar-refractivity contribution in [2.75, 3.05) is 201 Å². The Labute approximate surface area is 388 Å². The van der Waals surface area contributed by atoms with E-state index in [1.54, 1.807) is 42.7 Å². The van der Waals surface area contributed by atoms with E-state index in [2.05, 4.69) is 0 Å². The molecule has 0 N–H and O–H groups in total. The third-order valence-electron chi connectivity index (χ3n) is 9.60. The van der Waals surface area contributed by atoms with Crippen molar-refractivity contribution in [3.8, 4) is 0 Å². The van der Waals surface area contributed by atoms with E-state index in [0.29, 0.717) is 171 Å². The lowest BCUT2D eigenvalue weighted by molar-refractivity contribution is -0.126. The first-order valence-corrected chi connectivity index (χ1v) is 26.9. The predicted octanol–water partition coefficient (Wildman–Crippen LogP) is 4.12. The highest BCUT2D eigenvalue weighted by Gasteiger charge is 2.42. The summed E-state index contributed by atoms with van der Waals surface area (Å²) >= 11 is 0. The van der Waals surface area contributed by atoms with Gasteiger partial charge in [0.05, 0.1) is 159 Å². The van der Waals surface area contributed by atoms with Gasteiger partial charge in [-0.05, 0) is 25.7 Å². The molecule has 0 amide bonds. The molecular formula is C43H90O19Si2. The van der Waals surface area contributed by atoms with Crippen molar-refractivity contribution in [3.05, 3.63) is 0 Å². The summed E-state index contributed by atoms with van der Waals surface area (Å²) in [5.74, 6) is 0.0390. The van der Waals surface area contributed by atoms with Gasteiger partial charge in [-0.3, -0.25) is 4.79 Å². The summed E-state index contributed by atoms with van der Waals surface area (Å²) < 4.78 is 103. The fraction of sp³-hybridized carbons (Fsp3) is 0.977. The first kappa shape index (κ1) is 63.4. The van der Waals surface area contributed by atoms with Crippen molar-refractivity contribution >= 4 is 23.4 Å². The maximum absolute atomic E-state index is 13.7. The number of unbranched alkanes of at least 4 members (excludes halogenated alkanes) is 2. The third kappa shape index (κ3) is 37.4. The second kappa shape index (κ2) is 47.4. The summed E-state index contributed by atoms with van der Waals surface area (Å²) in [7, 11) is 3.42. The Morgan fingerprint density at radius 3 is 0.719 bits per heavy atom. The molecule has 0 aromatic carbocycles. The van der Waals surface area contributed by atoms with Crippen LogP contribution < -0.4 is 0 Å². The van der Waals surface area contributed by atoms with Gasteiger partial charge in [0, 0.05) is 66.6 Å². The van der Waals surface area contributed by atoms with Crippen LogP contribution in [-0.4, -0.2) is 225 Å². The molecule has 2 unspecified atom stereocenters. The van der Waals surface area contributed by atoms with E-state index in [1.807, 2.05) is 13.8 Å². The molecule has 21 heteroatoms. The SMILES string of the molecule is COCCOCCO[Si](CCCCC(C)C(=O)C(C)CCCC[Si](OCCOCCOC)(OCCOCCOC)OCCOCCOC)(OCCOCCOC)OCCOCCOC. The van der Waals surface area contributed by atoms with Gasteiger partial charge < -0.3 is 83.4 Å². The molecule has 64 heavy (non-hydrogen) atoms. The Kier molecular flexibility index (Phi) is 47.0. The number of carbonyl (C=O) groups is 1. The monoisotopic (exact) mass is 967 g/mol. The molecular weight excluding hydrogens is 877 g/mol. The molecule has 0 aliphatic rings. The minimum atomic E-state index is -3.19. The number of hydrogen-bond acceptors (Lipinski definition) is 19. The fourth-order valence-corrected chi connectivity index (χ4v) is 11.1.